The summed E-state index contributed by atoms with van der Waals surface area (Å²) in [6.45, 7) is 0.659. The van der Waals surface area contributed by atoms with Gasteiger partial charge in [-0.1, -0.05) is 84.9 Å². The van der Waals surface area contributed by atoms with Crippen molar-refractivity contribution in [2.24, 2.45) is 5.73 Å². The van der Waals surface area contributed by atoms with Crippen LogP contribution >= 0.6 is 0 Å². The van der Waals surface area contributed by atoms with Gasteiger partial charge in [0.25, 0.3) is 0 Å². The Labute approximate surface area is 224 Å². The van der Waals surface area contributed by atoms with Crippen molar-refractivity contribution in [2.75, 3.05) is 6.61 Å². The van der Waals surface area contributed by atoms with Gasteiger partial charge in [-0.3, -0.25) is 4.79 Å². The molecule has 39 heavy (non-hydrogen) atoms. The molecule has 3 N–H and O–H groups in total. The molecule has 0 aliphatic heterocycles. The third kappa shape index (κ3) is 9.03. The Kier molecular flexibility index (Phi) is 10.3. The van der Waals surface area contributed by atoms with Gasteiger partial charge in [0, 0.05) is 11.5 Å². The molecule has 0 saturated heterocycles. The second-order valence-electron chi connectivity index (χ2n) is 8.64. The minimum atomic E-state index is -5.08. The van der Waals surface area contributed by atoms with Crippen LogP contribution in [0.3, 0.4) is 0 Å². The molecule has 0 fully saturated rings. The van der Waals surface area contributed by atoms with Crippen LogP contribution < -0.4 is 10.5 Å². The van der Waals surface area contributed by atoms with Crippen LogP contribution in [0.25, 0.3) is 11.1 Å². The first kappa shape index (κ1) is 29.0. The molecule has 1 amide bonds. The summed E-state index contributed by atoms with van der Waals surface area (Å²) in [5.74, 6) is -1.97. The van der Waals surface area contributed by atoms with E-state index < -0.39 is 18.1 Å². The van der Waals surface area contributed by atoms with Gasteiger partial charge in [-0.05, 0) is 59.4 Å². The number of ether oxygens (including phenoxy) is 1. The first-order chi connectivity index (χ1) is 18.6. The van der Waals surface area contributed by atoms with Crippen LogP contribution in [-0.4, -0.2) is 29.8 Å². The smallest absolute Gasteiger partial charge is 0.490 e. The molecule has 0 heterocycles. The zero-order valence-corrected chi connectivity index (χ0v) is 21.0. The highest BCUT2D eigenvalue weighted by Crippen LogP contribution is 2.29. The number of amides is 1. The molecule has 0 unspecified atom stereocenters. The van der Waals surface area contributed by atoms with Crippen LogP contribution in [-0.2, 0) is 4.79 Å². The maximum atomic E-state index is 11.4. The number of aliphatic carboxylic acids is 1. The summed E-state index contributed by atoms with van der Waals surface area (Å²) in [4.78, 5) is 20.3. The Hall–Kier alpha value is -4.59. The maximum absolute atomic E-state index is 11.4. The fourth-order valence-electron chi connectivity index (χ4n) is 3.97. The maximum Gasteiger partial charge on any atom is 0.490 e. The lowest BCUT2D eigenvalue weighted by molar-refractivity contribution is -0.192. The third-order valence-corrected chi connectivity index (χ3v) is 5.89. The minimum absolute atomic E-state index is 0.362. The van der Waals surface area contributed by atoms with Crippen LogP contribution in [0.4, 0.5) is 13.2 Å². The number of benzene rings is 4. The van der Waals surface area contributed by atoms with Crippen molar-refractivity contribution in [3.63, 3.8) is 0 Å². The number of carboxylic acid groups (broad SMARTS) is 1. The highest BCUT2D eigenvalue weighted by atomic mass is 19.4. The molecule has 5 nitrogen and oxygen atoms in total. The lowest BCUT2D eigenvalue weighted by Gasteiger charge is -2.18. The van der Waals surface area contributed by atoms with E-state index in [9.17, 15) is 18.0 Å². The molecule has 4 aromatic carbocycles. The van der Waals surface area contributed by atoms with Crippen molar-refractivity contribution >= 4 is 11.9 Å². The fourth-order valence-corrected chi connectivity index (χ4v) is 3.97. The Bertz CT molecular complexity index is 1300. The number of primary amides is 1. The van der Waals surface area contributed by atoms with Crippen molar-refractivity contribution in [1.29, 1.82) is 0 Å². The Balaban J connectivity index is 0.000000532. The Morgan fingerprint density at radius 1 is 0.769 bits per heavy atom. The van der Waals surface area contributed by atoms with E-state index in [1.54, 1.807) is 6.07 Å². The number of carboxylic acids is 1. The number of halogens is 3. The van der Waals surface area contributed by atoms with E-state index in [0.717, 1.165) is 29.7 Å². The average molecular weight is 536 g/mol. The summed E-state index contributed by atoms with van der Waals surface area (Å²) in [5, 5.41) is 7.12. The van der Waals surface area contributed by atoms with Gasteiger partial charge < -0.3 is 15.6 Å². The second-order valence-corrected chi connectivity index (χ2v) is 8.64. The molecule has 0 aliphatic carbocycles. The number of alkyl halides is 3. The standard InChI is InChI=1S/C29H27NO2.C2HF3O2/c30-29(31)26-14-7-13-25(21-26)22-16-18-27(19-17-22)32-20-8-15-28(23-9-3-1-4-10-23)24-11-5-2-6-12-24;3-2(4,5)1(6)7/h1-7,9-14,16-19,21,28H,8,15,20H2,(H2,30,31);(H,6,7). The second kappa shape index (κ2) is 13.8. The van der Waals surface area contributed by atoms with Crippen molar-refractivity contribution < 1.29 is 32.6 Å². The topological polar surface area (TPSA) is 89.6 Å². The molecule has 8 heteroatoms. The number of nitrogens with two attached hydrogens (primary N) is 1. The molecule has 0 bridgehead atoms. The largest absolute Gasteiger partial charge is 0.494 e. The first-order valence-electron chi connectivity index (χ1n) is 12.2. The van der Waals surface area contributed by atoms with E-state index in [4.69, 9.17) is 20.4 Å². The number of carbonyl (C=O) groups is 2. The van der Waals surface area contributed by atoms with Crippen LogP contribution in [0.2, 0.25) is 0 Å². The van der Waals surface area contributed by atoms with Gasteiger partial charge in [0.05, 0.1) is 6.61 Å². The molecule has 202 valence electrons. The normalized spacial score (nSPS) is 10.9. The van der Waals surface area contributed by atoms with E-state index >= 15 is 0 Å². The first-order valence-corrected chi connectivity index (χ1v) is 12.2. The zero-order valence-electron chi connectivity index (χ0n) is 21.0. The molecule has 0 atom stereocenters. The van der Waals surface area contributed by atoms with E-state index in [0.29, 0.717) is 18.1 Å². The molecule has 0 aromatic heterocycles. The van der Waals surface area contributed by atoms with Gasteiger partial charge in [-0.15, -0.1) is 0 Å². The molecule has 0 radical (unpaired) electrons. The molecule has 0 saturated carbocycles. The lowest BCUT2D eigenvalue weighted by Crippen LogP contribution is -2.21. The monoisotopic (exact) mass is 535 g/mol. The molecule has 4 aromatic rings. The zero-order chi connectivity index (χ0) is 28.3. The van der Waals surface area contributed by atoms with Crippen molar-refractivity contribution in [1.82, 2.24) is 0 Å². The van der Waals surface area contributed by atoms with Crippen molar-refractivity contribution in [3.05, 3.63) is 126 Å². The third-order valence-electron chi connectivity index (χ3n) is 5.89. The predicted octanol–water partition coefficient (Wildman–Crippen LogP) is 7.08. The molecule has 0 aliphatic rings. The van der Waals surface area contributed by atoms with Gasteiger partial charge in [0.1, 0.15) is 5.75 Å². The van der Waals surface area contributed by atoms with Gasteiger partial charge in [0.15, 0.2) is 0 Å². The quantitative estimate of drug-likeness (QED) is 0.224. The molecular weight excluding hydrogens is 507 g/mol. The Morgan fingerprint density at radius 3 is 1.79 bits per heavy atom. The predicted molar refractivity (Wildman–Crippen MR) is 144 cm³/mol. The van der Waals surface area contributed by atoms with E-state index in [1.807, 2.05) is 42.5 Å². The highest BCUT2D eigenvalue weighted by molar-refractivity contribution is 5.94. The summed E-state index contributed by atoms with van der Waals surface area (Å²) in [7, 11) is 0. The minimum Gasteiger partial charge on any atom is -0.494 e. The molecular formula is C31H28F3NO4. The van der Waals surface area contributed by atoms with Crippen LogP contribution in [0.1, 0.15) is 40.2 Å². The van der Waals surface area contributed by atoms with E-state index in [2.05, 4.69) is 60.7 Å². The summed E-state index contributed by atoms with van der Waals surface area (Å²) in [5.41, 5.74) is 10.5. The van der Waals surface area contributed by atoms with Crippen LogP contribution in [0.15, 0.2) is 109 Å². The number of rotatable bonds is 9. The van der Waals surface area contributed by atoms with Crippen molar-refractivity contribution in [2.45, 2.75) is 24.9 Å². The summed E-state index contributed by atoms with van der Waals surface area (Å²) >= 11 is 0. The average Bonchev–Trinajstić information content (AvgIpc) is 2.94. The molecule has 0 spiro atoms. The highest BCUT2D eigenvalue weighted by Gasteiger charge is 2.38. The summed E-state index contributed by atoms with van der Waals surface area (Å²) < 4.78 is 37.7. The van der Waals surface area contributed by atoms with Gasteiger partial charge in [-0.25, -0.2) is 4.79 Å². The van der Waals surface area contributed by atoms with E-state index in [-0.39, 0.29) is 0 Å². The number of hydrogen-bond donors (Lipinski definition) is 2. The summed E-state index contributed by atoms with van der Waals surface area (Å²) in [6.07, 6.45) is -3.11. The lowest BCUT2D eigenvalue weighted by atomic mass is 9.88. The van der Waals surface area contributed by atoms with Gasteiger partial charge in [0.2, 0.25) is 5.91 Å². The van der Waals surface area contributed by atoms with Crippen LogP contribution in [0, 0.1) is 0 Å². The van der Waals surface area contributed by atoms with Gasteiger partial charge >= 0.3 is 12.1 Å². The fraction of sp³-hybridized carbons (Fsp3) is 0.161. The van der Waals surface area contributed by atoms with Crippen molar-refractivity contribution in [3.8, 4) is 16.9 Å². The number of hydrogen-bond acceptors (Lipinski definition) is 3. The number of carbonyl (C=O) groups excluding carboxylic acids is 1. The summed E-state index contributed by atoms with van der Waals surface area (Å²) in [6, 6.07) is 36.6. The van der Waals surface area contributed by atoms with Gasteiger partial charge in [-0.2, -0.15) is 13.2 Å². The SMILES string of the molecule is NC(=O)c1cccc(-c2ccc(OCCCC(c3ccccc3)c3ccccc3)cc2)c1.O=C(O)C(F)(F)F. The molecule has 4 rings (SSSR count). The van der Waals surface area contributed by atoms with E-state index in [1.165, 1.54) is 11.1 Å². The Morgan fingerprint density at radius 2 is 1.31 bits per heavy atom. The van der Waals surface area contributed by atoms with Crippen LogP contribution in [0.5, 0.6) is 5.75 Å².